The van der Waals surface area contributed by atoms with Gasteiger partial charge in [-0.15, -0.1) is 23.4 Å². The number of aryl methyl sites for hydroxylation is 1. The maximum atomic E-state index is 12.6. The number of aromatic nitrogens is 3. The standard InChI is InChI=1S/C28H30F3N7O4S/c1-38-23(33-24(39)15-18-13-21(41-2)17-22(14-18)42-28(29,30)31)11-10-19(37-38)7-3-4-9-26-35-36-27(43-26)34-25(40)16-20-8-5-6-12-32-20/h5-6,8,10-14,17,37H,3-4,7,9,15-16H2,1-2H3,(H,33,39)(H,34,36,40). The normalized spacial score (nSPS) is 13.0. The molecule has 3 heterocycles. The molecule has 1 aromatic carbocycles. The summed E-state index contributed by atoms with van der Waals surface area (Å²) in [6, 6.07) is 9.12. The lowest BCUT2D eigenvalue weighted by atomic mass is 10.1. The van der Waals surface area contributed by atoms with Crippen LogP contribution >= 0.6 is 11.3 Å². The number of nitrogens with one attached hydrogen (secondary N) is 3. The van der Waals surface area contributed by atoms with Crippen LogP contribution in [0.3, 0.4) is 0 Å². The van der Waals surface area contributed by atoms with Crippen molar-refractivity contribution in [3.63, 3.8) is 0 Å². The van der Waals surface area contributed by atoms with Crippen LogP contribution in [0.5, 0.6) is 11.5 Å². The number of pyridine rings is 1. The van der Waals surface area contributed by atoms with Gasteiger partial charge in [0, 0.05) is 37.1 Å². The van der Waals surface area contributed by atoms with Gasteiger partial charge in [-0.1, -0.05) is 17.4 Å². The van der Waals surface area contributed by atoms with Crippen molar-refractivity contribution in [2.24, 2.45) is 0 Å². The van der Waals surface area contributed by atoms with E-state index in [4.69, 9.17) is 4.74 Å². The Bertz CT molecular complexity index is 1480. The number of amides is 2. The molecule has 0 fully saturated rings. The summed E-state index contributed by atoms with van der Waals surface area (Å²) in [5.41, 5.74) is 5.12. The van der Waals surface area contributed by atoms with Gasteiger partial charge in [-0.3, -0.25) is 19.6 Å². The van der Waals surface area contributed by atoms with Gasteiger partial charge < -0.3 is 25.5 Å². The number of anilines is 1. The Labute approximate surface area is 249 Å². The van der Waals surface area contributed by atoms with E-state index >= 15 is 0 Å². The number of methoxy groups -OCH3 is 1. The van der Waals surface area contributed by atoms with Crippen LogP contribution in [0, 0.1) is 0 Å². The molecule has 228 valence electrons. The van der Waals surface area contributed by atoms with Gasteiger partial charge in [-0.2, -0.15) is 0 Å². The van der Waals surface area contributed by atoms with Crippen molar-refractivity contribution in [2.45, 2.75) is 44.9 Å². The molecule has 0 aliphatic carbocycles. The Morgan fingerprint density at radius 2 is 1.77 bits per heavy atom. The van der Waals surface area contributed by atoms with E-state index in [-0.39, 0.29) is 24.5 Å². The van der Waals surface area contributed by atoms with Crippen molar-refractivity contribution in [3.8, 4) is 11.5 Å². The van der Waals surface area contributed by atoms with Gasteiger partial charge in [0.15, 0.2) is 0 Å². The molecule has 0 bridgehead atoms. The van der Waals surface area contributed by atoms with Gasteiger partial charge >= 0.3 is 6.36 Å². The highest BCUT2D eigenvalue weighted by molar-refractivity contribution is 7.15. The van der Waals surface area contributed by atoms with Gasteiger partial charge in [0.25, 0.3) is 0 Å². The molecule has 0 spiro atoms. The quantitative estimate of drug-likeness (QED) is 0.241. The zero-order valence-electron chi connectivity index (χ0n) is 23.4. The zero-order chi connectivity index (χ0) is 30.8. The average Bonchev–Trinajstić information content (AvgIpc) is 3.38. The number of alkyl halides is 3. The summed E-state index contributed by atoms with van der Waals surface area (Å²) < 4.78 is 46.9. The van der Waals surface area contributed by atoms with Crippen molar-refractivity contribution in [3.05, 3.63) is 82.5 Å². The second-order valence-corrected chi connectivity index (χ2v) is 10.5. The molecule has 1 aliphatic rings. The molecule has 0 saturated heterocycles. The maximum Gasteiger partial charge on any atom is 0.573 e. The van der Waals surface area contributed by atoms with Crippen molar-refractivity contribution >= 4 is 28.3 Å². The molecule has 0 radical (unpaired) electrons. The van der Waals surface area contributed by atoms with E-state index in [1.807, 2.05) is 12.1 Å². The SMILES string of the molecule is COc1cc(CC(=O)NC2=CC=C(CCCCc3nnc(NC(=O)Cc4ccccn4)s3)NN2C)cc(OC(F)(F)F)c1. The Hall–Kier alpha value is -4.66. The number of benzene rings is 1. The Kier molecular flexibility index (Phi) is 10.5. The molecule has 0 unspecified atom stereocenters. The fourth-order valence-electron chi connectivity index (χ4n) is 4.11. The first-order valence-electron chi connectivity index (χ1n) is 13.2. The summed E-state index contributed by atoms with van der Waals surface area (Å²) in [6.07, 6.45) is 3.54. The Morgan fingerprint density at radius 1 is 1.00 bits per heavy atom. The van der Waals surface area contributed by atoms with E-state index in [0.29, 0.717) is 28.6 Å². The fourth-order valence-corrected chi connectivity index (χ4v) is 4.91. The number of carbonyl (C=O) groups excluding carboxylic acids is 2. The van der Waals surface area contributed by atoms with Crippen molar-refractivity contribution in [1.29, 1.82) is 0 Å². The number of hydrazine groups is 1. The molecular formula is C28H30F3N7O4S. The first-order valence-corrected chi connectivity index (χ1v) is 14.0. The van der Waals surface area contributed by atoms with E-state index in [0.717, 1.165) is 42.1 Å². The first-order chi connectivity index (χ1) is 20.6. The number of unbranched alkanes of at least 4 members (excludes halogenated alkanes) is 1. The lowest BCUT2D eigenvalue weighted by Gasteiger charge is -2.29. The van der Waals surface area contributed by atoms with Gasteiger partial charge in [-0.05, 0) is 61.2 Å². The third-order valence-electron chi connectivity index (χ3n) is 6.02. The van der Waals surface area contributed by atoms with Crippen LogP contribution in [0.1, 0.15) is 35.5 Å². The third-order valence-corrected chi connectivity index (χ3v) is 6.92. The van der Waals surface area contributed by atoms with Crippen LogP contribution in [0.4, 0.5) is 18.3 Å². The van der Waals surface area contributed by atoms with Crippen LogP contribution in [0.25, 0.3) is 0 Å². The van der Waals surface area contributed by atoms with Crippen molar-refractivity contribution in [2.75, 3.05) is 19.5 Å². The summed E-state index contributed by atoms with van der Waals surface area (Å²) >= 11 is 1.34. The summed E-state index contributed by atoms with van der Waals surface area (Å²) in [5.74, 6) is -0.466. The van der Waals surface area contributed by atoms with Crippen molar-refractivity contribution in [1.82, 2.24) is 30.9 Å². The molecule has 2 aromatic heterocycles. The van der Waals surface area contributed by atoms with Gasteiger partial charge in [-0.25, -0.2) is 0 Å². The molecule has 2 amide bonds. The van der Waals surface area contributed by atoms with E-state index in [9.17, 15) is 22.8 Å². The lowest BCUT2D eigenvalue weighted by molar-refractivity contribution is -0.274. The molecule has 0 saturated carbocycles. The van der Waals surface area contributed by atoms with Crippen molar-refractivity contribution < 1.29 is 32.2 Å². The third kappa shape index (κ3) is 10.3. The predicted octanol–water partition coefficient (Wildman–Crippen LogP) is 4.27. The minimum absolute atomic E-state index is 0.141. The van der Waals surface area contributed by atoms with E-state index in [2.05, 4.69) is 36.0 Å². The molecular weight excluding hydrogens is 587 g/mol. The predicted molar refractivity (Wildman–Crippen MR) is 153 cm³/mol. The number of allylic oxidation sites excluding steroid dienone is 3. The summed E-state index contributed by atoms with van der Waals surface area (Å²) in [5, 5.41) is 16.6. The van der Waals surface area contributed by atoms with Crippen LogP contribution in [0.15, 0.2) is 66.3 Å². The number of carbonyl (C=O) groups is 2. The molecule has 43 heavy (non-hydrogen) atoms. The fraction of sp³-hybridized carbons (Fsp3) is 0.321. The highest BCUT2D eigenvalue weighted by Crippen LogP contribution is 2.28. The molecule has 3 aromatic rings. The second-order valence-electron chi connectivity index (χ2n) is 9.46. The van der Waals surface area contributed by atoms with Gasteiger partial charge in [0.1, 0.15) is 22.3 Å². The molecule has 15 heteroatoms. The highest BCUT2D eigenvalue weighted by atomic mass is 32.1. The number of hydrogen-bond acceptors (Lipinski definition) is 10. The molecule has 3 N–H and O–H groups in total. The highest BCUT2D eigenvalue weighted by Gasteiger charge is 2.31. The number of nitrogens with zero attached hydrogens (tertiary/aromatic N) is 4. The van der Waals surface area contributed by atoms with Crippen LogP contribution in [-0.2, 0) is 28.9 Å². The molecule has 11 nitrogen and oxygen atoms in total. The van der Waals surface area contributed by atoms with Crippen LogP contribution < -0.4 is 25.5 Å². The summed E-state index contributed by atoms with van der Waals surface area (Å²) in [4.78, 5) is 29.0. The van der Waals surface area contributed by atoms with E-state index in [1.165, 1.54) is 24.5 Å². The monoisotopic (exact) mass is 617 g/mol. The number of hydrogen-bond donors (Lipinski definition) is 3. The van der Waals surface area contributed by atoms with Crippen LogP contribution in [-0.4, -0.2) is 52.5 Å². The number of rotatable bonds is 13. The molecule has 0 atom stereocenters. The van der Waals surface area contributed by atoms with Gasteiger partial charge in [0.05, 0.1) is 20.0 Å². The second kappa shape index (κ2) is 14.5. The summed E-state index contributed by atoms with van der Waals surface area (Å²) in [6.45, 7) is 0. The minimum atomic E-state index is -4.86. The first kappa shape index (κ1) is 31.3. The topological polar surface area (TPSA) is 131 Å². The summed E-state index contributed by atoms with van der Waals surface area (Å²) in [7, 11) is 3.05. The number of halogens is 3. The largest absolute Gasteiger partial charge is 0.573 e. The number of ether oxygens (including phenoxy) is 2. The van der Waals surface area contributed by atoms with Crippen LogP contribution in [0.2, 0.25) is 0 Å². The van der Waals surface area contributed by atoms with Gasteiger partial charge in [0.2, 0.25) is 16.9 Å². The Morgan fingerprint density at radius 3 is 2.49 bits per heavy atom. The zero-order valence-corrected chi connectivity index (χ0v) is 24.2. The Balaban J connectivity index is 1.21. The van der Waals surface area contributed by atoms with E-state index < -0.39 is 18.0 Å². The molecule has 1 aliphatic heterocycles. The smallest absolute Gasteiger partial charge is 0.497 e. The molecule has 4 rings (SSSR count). The van der Waals surface area contributed by atoms with E-state index in [1.54, 1.807) is 36.5 Å². The minimum Gasteiger partial charge on any atom is -0.497 e. The average molecular weight is 618 g/mol. The maximum absolute atomic E-state index is 12.6. The lowest BCUT2D eigenvalue weighted by Crippen LogP contribution is -2.42.